The van der Waals surface area contributed by atoms with Gasteiger partial charge in [0, 0.05) is 5.69 Å². The van der Waals surface area contributed by atoms with Gasteiger partial charge >= 0.3 is 5.97 Å². The lowest BCUT2D eigenvalue weighted by molar-refractivity contribution is -0.135. The fourth-order valence-electron chi connectivity index (χ4n) is 1.94. The van der Waals surface area contributed by atoms with E-state index in [0.717, 1.165) is 0 Å². The minimum absolute atomic E-state index is 0.354. The van der Waals surface area contributed by atoms with Gasteiger partial charge in [0.05, 0.1) is 17.0 Å². The number of hydrogen-bond donors (Lipinski definition) is 1. The molecule has 0 fully saturated rings. The summed E-state index contributed by atoms with van der Waals surface area (Å²) in [5, 5.41) is 16.8. The fourth-order valence-corrected chi connectivity index (χ4v) is 1.94. The van der Waals surface area contributed by atoms with Gasteiger partial charge in [0.15, 0.2) is 0 Å². The quantitative estimate of drug-likeness (QED) is 0.926. The molecule has 0 unspecified atom stereocenters. The molecule has 108 valence electrons. The van der Waals surface area contributed by atoms with Crippen molar-refractivity contribution in [3.8, 4) is 0 Å². The highest BCUT2D eigenvalue weighted by atomic mass is 16.4. The van der Waals surface area contributed by atoms with Crippen LogP contribution in [0.5, 0.6) is 0 Å². The lowest BCUT2D eigenvalue weighted by atomic mass is 10.1. The number of aryl methyl sites for hydroxylation is 2. The summed E-state index contributed by atoms with van der Waals surface area (Å²) in [5.74, 6) is -1.48. The zero-order valence-corrected chi connectivity index (χ0v) is 11.8. The van der Waals surface area contributed by atoms with Crippen LogP contribution < -0.4 is 4.90 Å². The summed E-state index contributed by atoms with van der Waals surface area (Å²) < 4.78 is 0. The monoisotopic (exact) mass is 285 g/mol. The van der Waals surface area contributed by atoms with Crippen LogP contribution in [0, 0.1) is 13.8 Å². The molecule has 1 aromatic heterocycles. The molecule has 0 spiro atoms. The molecule has 0 saturated carbocycles. The van der Waals surface area contributed by atoms with Crippen LogP contribution in [0.3, 0.4) is 0 Å². The van der Waals surface area contributed by atoms with E-state index < -0.39 is 18.4 Å². The topological polar surface area (TPSA) is 83.4 Å². The number of nitrogens with zero attached hydrogens (tertiary/aromatic N) is 3. The van der Waals surface area contributed by atoms with E-state index in [1.165, 1.54) is 4.90 Å². The number of aliphatic carboxylic acids is 1. The van der Waals surface area contributed by atoms with Gasteiger partial charge in [0.25, 0.3) is 5.91 Å². The van der Waals surface area contributed by atoms with Crippen molar-refractivity contribution in [2.45, 2.75) is 13.8 Å². The van der Waals surface area contributed by atoms with Crippen molar-refractivity contribution in [1.82, 2.24) is 10.2 Å². The Kier molecular flexibility index (Phi) is 4.27. The lowest BCUT2D eigenvalue weighted by Gasteiger charge is -2.21. The first-order valence-electron chi connectivity index (χ1n) is 6.38. The molecule has 0 saturated heterocycles. The van der Waals surface area contributed by atoms with Gasteiger partial charge in [-0.1, -0.05) is 18.2 Å². The summed E-state index contributed by atoms with van der Waals surface area (Å²) in [6.45, 7) is 2.99. The molecule has 1 amide bonds. The van der Waals surface area contributed by atoms with Crippen molar-refractivity contribution in [3.63, 3.8) is 0 Å². The predicted octanol–water partition coefficient (Wildman–Crippen LogP) is 1.82. The summed E-state index contributed by atoms with van der Waals surface area (Å²) in [6.07, 6.45) is 0. The lowest BCUT2D eigenvalue weighted by Crippen LogP contribution is -2.36. The van der Waals surface area contributed by atoms with Crippen molar-refractivity contribution in [1.29, 1.82) is 0 Å². The first kappa shape index (κ1) is 14.6. The zero-order valence-electron chi connectivity index (χ0n) is 11.8. The van der Waals surface area contributed by atoms with Gasteiger partial charge < -0.3 is 5.11 Å². The molecule has 6 nitrogen and oxygen atoms in total. The number of rotatable bonds is 4. The van der Waals surface area contributed by atoms with E-state index in [1.54, 1.807) is 50.2 Å². The standard InChI is InChI=1S/C15H15N3O3/c1-10-8-13(11(2)17-16-10)15(21)18(9-14(19)20)12-6-4-3-5-7-12/h3-8H,9H2,1-2H3,(H,19,20). The van der Waals surface area contributed by atoms with E-state index in [9.17, 15) is 9.59 Å². The predicted molar refractivity (Wildman–Crippen MR) is 77.3 cm³/mol. The molecule has 0 aliphatic rings. The molecule has 21 heavy (non-hydrogen) atoms. The van der Waals surface area contributed by atoms with Gasteiger partial charge in [0.2, 0.25) is 0 Å². The van der Waals surface area contributed by atoms with Gasteiger partial charge in [-0.25, -0.2) is 0 Å². The third-order valence-electron chi connectivity index (χ3n) is 2.94. The number of anilines is 1. The molecule has 1 heterocycles. The molecular weight excluding hydrogens is 270 g/mol. The number of amides is 1. The molecule has 6 heteroatoms. The van der Waals surface area contributed by atoms with E-state index in [1.807, 2.05) is 0 Å². The van der Waals surface area contributed by atoms with E-state index in [4.69, 9.17) is 5.11 Å². The third kappa shape index (κ3) is 3.42. The first-order valence-corrected chi connectivity index (χ1v) is 6.38. The molecule has 1 aromatic carbocycles. The summed E-state index contributed by atoms with van der Waals surface area (Å²) >= 11 is 0. The zero-order chi connectivity index (χ0) is 15.4. The Morgan fingerprint density at radius 1 is 1.14 bits per heavy atom. The van der Waals surface area contributed by atoms with Gasteiger partial charge in [-0.2, -0.15) is 10.2 Å². The van der Waals surface area contributed by atoms with Crippen LogP contribution in [0.15, 0.2) is 36.4 Å². The van der Waals surface area contributed by atoms with Crippen LogP contribution in [0.25, 0.3) is 0 Å². The van der Waals surface area contributed by atoms with Crippen molar-refractivity contribution in [3.05, 3.63) is 53.3 Å². The number of carbonyl (C=O) groups is 2. The highest BCUT2D eigenvalue weighted by Crippen LogP contribution is 2.18. The van der Waals surface area contributed by atoms with Crippen LogP contribution >= 0.6 is 0 Å². The van der Waals surface area contributed by atoms with Gasteiger partial charge in [-0.05, 0) is 32.0 Å². The van der Waals surface area contributed by atoms with Crippen LogP contribution in [0.1, 0.15) is 21.7 Å². The van der Waals surface area contributed by atoms with E-state index >= 15 is 0 Å². The molecular formula is C15H15N3O3. The van der Waals surface area contributed by atoms with Crippen molar-refractivity contribution in [2.75, 3.05) is 11.4 Å². The molecule has 0 bridgehead atoms. The minimum atomic E-state index is -1.08. The highest BCUT2D eigenvalue weighted by molar-refractivity contribution is 6.08. The average molecular weight is 285 g/mol. The second-order valence-corrected chi connectivity index (χ2v) is 4.61. The van der Waals surface area contributed by atoms with Crippen molar-refractivity contribution in [2.24, 2.45) is 0 Å². The molecule has 2 aromatic rings. The highest BCUT2D eigenvalue weighted by Gasteiger charge is 2.22. The normalized spacial score (nSPS) is 10.2. The van der Waals surface area contributed by atoms with Crippen LogP contribution in [0.2, 0.25) is 0 Å². The smallest absolute Gasteiger partial charge is 0.323 e. The third-order valence-corrected chi connectivity index (χ3v) is 2.94. The van der Waals surface area contributed by atoms with E-state index in [2.05, 4.69) is 10.2 Å². The SMILES string of the molecule is Cc1cc(C(=O)N(CC(=O)O)c2ccccc2)c(C)nn1. The Labute approximate surface area is 122 Å². The molecule has 0 aliphatic carbocycles. The summed E-state index contributed by atoms with van der Waals surface area (Å²) in [4.78, 5) is 24.9. The minimum Gasteiger partial charge on any atom is -0.480 e. The van der Waals surface area contributed by atoms with Gasteiger partial charge in [-0.15, -0.1) is 0 Å². The Bertz CT molecular complexity index is 671. The first-order chi connectivity index (χ1) is 9.99. The Balaban J connectivity index is 2.43. The van der Waals surface area contributed by atoms with Crippen LogP contribution in [-0.2, 0) is 4.79 Å². The summed E-state index contributed by atoms with van der Waals surface area (Å²) in [7, 11) is 0. The maximum absolute atomic E-state index is 12.6. The number of aromatic nitrogens is 2. The summed E-state index contributed by atoms with van der Waals surface area (Å²) in [6, 6.07) is 10.3. The van der Waals surface area contributed by atoms with E-state index in [0.29, 0.717) is 22.6 Å². The number of carboxylic acids is 1. The van der Waals surface area contributed by atoms with Gasteiger partial charge in [-0.3, -0.25) is 14.5 Å². The second-order valence-electron chi connectivity index (χ2n) is 4.61. The Hall–Kier alpha value is -2.76. The number of carboxylic acid groups (broad SMARTS) is 1. The number of para-hydroxylation sites is 1. The van der Waals surface area contributed by atoms with E-state index in [-0.39, 0.29) is 0 Å². The molecule has 0 radical (unpaired) electrons. The Morgan fingerprint density at radius 2 is 1.81 bits per heavy atom. The molecule has 2 rings (SSSR count). The average Bonchev–Trinajstić information content (AvgIpc) is 2.47. The molecule has 1 N–H and O–H groups in total. The second kappa shape index (κ2) is 6.13. The van der Waals surface area contributed by atoms with Crippen molar-refractivity contribution < 1.29 is 14.7 Å². The number of hydrogen-bond acceptors (Lipinski definition) is 4. The maximum atomic E-state index is 12.6. The largest absolute Gasteiger partial charge is 0.480 e. The summed E-state index contributed by atoms with van der Waals surface area (Å²) in [5.41, 5.74) is 1.95. The fraction of sp³-hybridized carbons (Fsp3) is 0.200. The van der Waals surface area contributed by atoms with Crippen LogP contribution in [-0.4, -0.2) is 33.7 Å². The number of benzene rings is 1. The van der Waals surface area contributed by atoms with Crippen LogP contribution in [0.4, 0.5) is 5.69 Å². The molecule has 0 aliphatic heterocycles. The van der Waals surface area contributed by atoms with Crippen molar-refractivity contribution >= 4 is 17.6 Å². The van der Waals surface area contributed by atoms with Gasteiger partial charge in [0.1, 0.15) is 6.54 Å². The molecule has 0 atom stereocenters. The number of carbonyl (C=O) groups excluding carboxylic acids is 1. The Morgan fingerprint density at radius 3 is 2.43 bits per heavy atom. The maximum Gasteiger partial charge on any atom is 0.323 e.